The Labute approximate surface area is 206 Å². The summed E-state index contributed by atoms with van der Waals surface area (Å²) < 4.78 is 39.4. The van der Waals surface area contributed by atoms with Crippen molar-refractivity contribution in [1.29, 1.82) is 0 Å². The molecule has 3 heterocycles. The number of anilines is 2. The third-order valence-electron chi connectivity index (χ3n) is 6.27. The first-order valence-corrected chi connectivity index (χ1v) is 11.6. The van der Waals surface area contributed by atoms with E-state index in [0.29, 0.717) is 55.3 Å². The molecule has 2 aromatic heterocycles. The molecule has 0 aliphatic carbocycles. The molecule has 184 valence electrons. The number of hydrogen-bond acceptors (Lipinski definition) is 5. The Kier molecular flexibility index (Phi) is 6.45. The van der Waals surface area contributed by atoms with Crippen molar-refractivity contribution >= 4 is 28.3 Å². The molecule has 0 unspecified atom stereocenters. The zero-order chi connectivity index (χ0) is 25.1. The second kappa shape index (κ2) is 9.85. The summed E-state index contributed by atoms with van der Waals surface area (Å²) in [6.45, 7) is 2.57. The van der Waals surface area contributed by atoms with Crippen LogP contribution in [-0.4, -0.2) is 42.1 Å². The minimum Gasteiger partial charge on any atom is -0.368 e. The van der Waals surface area contributed by atoms with Gasteiger partial charge in [0.15, 0.2) is 0 Å². The van der Waals surface area contributed by atoms with Crippen molar-refractivity contribution in [3.8, 4) is 0 Å². The number of amides is 1. The molecule has 1 fully saturated rings. The molecule has 0 atom stereocenters. The van der Waals surface area contributed by atoms with E-state index in [-0.39, 0.29) is 5.91 Å². The molecular weight excluding hydrogens is 467 g/mol. The first-order chi connectivity index (χ1) is 17.4. The number of carbonyl (C=O) groups excluding carboxylic acids is 1. The number of piperazine rings is 1. The molecular formula is C27H24F3N5O. The molecule has 0 saturated carbocycles. The molecule has 1 amide bonds. The minimum atomic E-state index is -4.37. The minimum absolute atomic E-state index is 0.207. The van der Waals surface area contributed by atoms with Crippen molar-refractivity contribution in [3.05, 3.63) is 95.8 Å². The van der Waals surface area contributed by atoms with Crippen molar-refractivity contribution in [2.24, 2.45) is 0 Å². The van der Waals surface area contributed by atoms with Gasteiger partial charge in [0.05, 0.1) is 16.6 Å². The molecule has 36 heavy (non-hydrogen) atoms. The van der Waals surface area contributed by atoms with Gasteiger partial charge in [0, 0.05) is 56.2 Å². The second-order valence-corrected chi connectivity index (χ2v) is 8.61. The standard InChI is InChI=1S/C27H24F3N5O/c28-27(29,30)20-6-3-7-21(15-20)34-11-13-35(14-12-34)25-16-23(22-8-1-2-9-24(22)33-25)26(36)32-18-19-5-4-10-31-17-19/h1-10,15-17H,11-14,18H2,(H,32,36). The number of benzene rings is 2. The quantitative estimate of drug-likeness (QED) is 0.430. The van der Waals surface area contributed by atoms with Crippen LogP contribution < -0.4 is 15.1 Å². The molecule has 1 aliphatic heterocycles. The lowest BCUT2D eigenvalue weighted by atomic mass is 10.1. The lowest BCUT2D eigenvalue weighted by Crippen LogP contribution is -2.47. The van der Waals surface area contributed by atoms with Crippen LogP contribution >= 0.6 is 0 Å². The zero-order valence-corrected chi connectivity index (χ0v) is 19.4. The third kappa shape index (κ3) is 5.10. The molecule has 0 spiro atoms. The average molecular weight is 492 g/mol. The molecule has 0 bridgehead atoms. The fourth-order valence-corrected chi connectivity index (χ4v) is 4.36. The van der Waals surface area contributed by atoms with Crippen molar-refractivity contribution in [3.63, 3.8) is 0 Å². The van der Waals surface area contributed by atoms with E-state index in [0.717, 1.165) is 17.0 Å². The molecule has 5 rings (SSSR count). The Morgan fingerprint density at radius 2 is 1.69 bits per heavy atom. The topological polar surface area (TPSA) is 61.4 Å². The number of aromatic nitrogens is 2. The van der Waals surface area contributed by atoms with E-state index in [1.165, 1.54) is 12.1 Å². The van der Waals surface area contributed by atoms with Crippen LogP contribution in [0.25, 0.3) is 10.9 Å². The smallest absolute Gasteiger partial charge is 0.368 e. The fraction of sp³-hybridized carbons (Fsp3) is 0.222. The Bertz CT molecular complexity index is 1370. The number of nitrogens with one attached hydrogen (secondary N) is 1. The van der Waals surface area contributed by atoms with Crippen molar-refractivity contribution in [2.45, 2.75) is 12.7 Å². The van der Waals surface area contributed by atoms with Crippen molar-refractivity contribution < 1.29 is 18.0 Å². The number of hydrogen-bond donors (Lipinski definition) is 1. The van der Waals surface area contributed by atoms with Gasteiger partial charge in [-0.25, -0.2) is 4.98 Å². The Balaban J connectivity index is 1.34. The van der Waals surface area contributed by atoms with E-state index in [4.69, 9.17) is 4.98 Å². The van der Waals surface area contributed by atoms with E-state index in [1.807, 2.05) is 41.3 Å². The van der Waals surface area contributed by atoms with Crippen LogP contribution in [0.3, 0.4) is 0 Å². The number of carbonyl (C=O) groups is 1. The average Bonchev–Trinajstić information content (AvgIpc) is 2.91. The van der Waals surface area contributed by atoms with Gasteiger partial charge >= 0.3 is 6.18 Å². The molecule has 1 aliphatic rings. The Morgan fingerprint density at radius 1 is 0.917 bits per heavy atom. The van der Waals surface area contributed by atoms with Gasteiger partial charge in [0.2, 0.25) is 0 Å². The van der Waals surface area contributed by atoms with Crippen LogP contribution in [0.15, 0.2) is 79.1 Å². The number of nitrogens with zero attached hydrogens (tertiary/aromatic N) is 4. The summed E-state index contributed by atoms with van der Waals surface area (Å²) in [5, 5.41) is 3.72. The molecule has 0 radical (unpaired) electrons. The molecule has 2 aromatic carbocycles. The van der Waals surface area contributed by atoms with E-state index < -0.39 is 11.7 Å². The monoisotopic (exact) mass is 491 g/mol. The SMILES string of the molecule is O=C(NCc1cccnc1)c1cc(N2CCN(c3cccc(C(F)(F)F)c3)CC2)nc2ccccc12. The summed E-state index contributed by atoms with van der Waals surface area (Å²) in [7, 11) is 0. The van der Waals surface area contributed by atoms with Gasteiger partial charge in [-0.1, -0.05) is 30.3 Å². The lowest BCUT2D eigenvalue weighted by Gasteiger charge is -2.37. The summed E-state index contributed by atoms with van der Waals surface area (Å²) in [6, 6.07) is 18.4. The summed E-state index contributed by atoms with van der Waals surface area (Å²) in [6.07, 6.45) is -0.984. The van der Waals surface area contributed by atoms with Crippen molar-refractivity contribution in [1.82, 2.24) is 15.3 Å². The largest absolute Gasteiger partial charge is 0.416 e. The highest BCUT2D eigenvalue weighted by molar-refractivity contribution is 6.07. The van der Waals surface area contributed by atoms with Crippen LogP contribution in [0.5, 0.6) is 0 Å². The first kappa shape index (κ1) is 23.6. The number of fused-ring (bicyclic) bond motifs is 1. The maximum absolute atomic E-state index is 13.1. The number of halogens is 3. The number of alkyl halides is 3. The maximum Gasteiger partial charge on any atom is 0.416 e. The lowest BCUT2D eigenvalue weighted by molar-refractivity contribution is -0.137. The van der Waals surface area contributed by atoms with Crippen LogP contribution in [-0.2, 0) is 12.7 Å². The van der Waals surface area contributed by atoms with Gasteiger partial charge in [-0.15, -0.1) is 0 Å². The van der Waals surface area contributed by atoms with Gasteiger partial charge < -0.3 is 15.1 Å². The van der Waals surface area contributed by atoms with Gasteiger partial charge in [-0.05, 0) is 42.0 Å². The molecule has 6 nitrogen and oxygen atoms in total. The summed E-state index contributed by atoms with van der Waals surface area (Å²) in [5.41, 5.74) is 2.03. The number of para-hydroxylation sites is 1. The van der Waals surface area contributed by atoms with E-state index in [9.17, 15) is 18.0 Å². The van der Waals surface area contributed by atoms with E-state index >= 15 is 0 Å². The van der Waals surface area contributed by atoms with Gasteiger partial charge in [0.1, 0.15) is 5.82 Å². The first-order valence-electron chi connectivity index (χ1n) is 11.6. The highest BCUT2D eigenvalue weighted by Crippen LogP contribution is 2.32. The summed E-state index contributed by atoms with van der Waals surface area (Å²) in [5.74, 6) is 0.463. The van der Waals surface area contributed by atoms with Gasteiger partial charge in [0.25, 0.3) is 5.91 Å². The van der Waals surface area contributed by atoms with Crippen LogP contribution in [0.1, 0.15) is 21.5 Å². The highest BCUT2D eigenvalue weighted by atomic mass is 19.4. The summed E-state index contributed by atoms with van der Waals surface area (Å²) >= 11 is 0. The maximum atomic E-state index is 13.1. The number of rotatable bonds is 5. The fourth-order valence-electron chi connectivity index (χ4n) is 4.36. The third-order valence-corrected chi connectivity index (χ3v) is 6.27. The predicted molar refractivity (Wildman–Crippen MR) is 133 cm³/mol. The zero-order valence-electron chi connectivity index (χ0n) is 19.4. The molecule has 9 heteroatoms. The molecule has 1 N–H and O–H groups in total. The predicted octanol–water partition coefficient (Wildman–Crippen LogP) is 4.91. The van der Waals surface area contributed by atoms with Crippen LogP contribution in [0.2, 0.25) is 0 Å². The van der Waals surface area contributed by atoms with Crippen molar-refractivity contribution in [2.75, 3.05) is 36.0 Å². The highest BCUT2D eigenvalue weighted by Gasteiger charge is 2.31. The normalized spacial score (nSPS) is 14.2. The second-order valence-electron chi connectivity index (χ2n) is 8.61. The van der Waals surface area contributed by atoms with E-state index in [1.54, 1.807) is 24.5 Å². The number of pyridine rings is 2. The van der Waals surface area contributed by atoms with Crippen LogP contribution in [0.4, 0.5) is 24.7 Å². The van der Waals surface area contributed by atoms with Gasteiger partial charge in [-0.2, -0.15) is 13.2 Å². The van der Waals surface area contributed by atoms with Crippen LogP contribution in [0, 0.1) is 0 Å². The van der Waals surface area contributed by atoms with Gasteiger partial charge in [-0.3, -0.25) is 9.78 Å². The molecule has 4 aromatic rings. The van der Waals surface area contributed by atoms with E-state index in [2.05, 4.69) is 15.2 Å². The summed E-state index contributed by atoms with van der Waals surface area (Å²) in [4.78, 5) is 26.0. The molecule has 1 saturated heterocycles. The Morgan fingerprint density at radius 3 is 2.44 bits per heavy atom. The Hall–Kier alpha value is -4.14.